The van der Waals surface area contributed by atoms with Crippen LogP contribution in [0.4, 0.5) is 0 Å². The van der Waals surface area contributed by atoms with E-state index in [1.165, 1.54) is 0 Å². The van der Waals surface area contributed by atoms with Gasteiger partial charge in [-0.15, -0.1) is 0 Å². The lowest BCUT2D eigenvalue weighted by Crippen LogP contribution is -2.33. The highest BCUT2D eigenvalue weighted by molar-refractivity contribution is 5.94. The van der Waals surface area contributed by atoms with E-state index in [0.29, 0.717) is 12.5 Å². The Balaban J connectivity index is 2.87. The Morgan fingerprint density at radius 1 is 1.47 bits per heavy atom. The van der Waals surface area contributed by atoms with Gasteiger partial charge in [0.05, 0.1) is 13.2 Å². The Hall–Kier alpha value is -0.990. The molecule has 0 aromatic carbocycles. The molecule has 3 heteroatoms. The molecule has 0 atom stereocenters. The first-order chi connectivity index (χ1) is 6.76. The highest BCUT2D eigenvalue weighted by Crippen LogP contribution is 2.29. The van der Waals surface area contributed by atoms with Crippen molar-refractivity contribution < 1.29 is 4.74 Å². The quantitative estimate of drug-likeness (QED) is 0.722. The van der Waals surface area contributed by atoms with Gasteiger partial charge in [-0.3, -0.25) is 4.99 Å². The molecule has 0 amide bonds. The lowest BCUT2D eigenvalue weighted by Gasteiger charge is -2.32. The minimum Gasteiger partial charge on any atom is -0.477 e. The van der Waals surface area contributed by atoms with Gasteiger partial charge in [-0.1, -0.05) is 34.6 Å². The van der Waals surface area contributed by atoms with E-state index < -0.39 is 0 Å². The lowest BCUT2D eigenvalue weighted by atomic mass is 9.86. The molecule has 15 heavy (non-hydrogen) atoms. The molecule has 1 heterocycles. The van der Waals surface area contributed by atoms with Crippen molar-refractivity contribution >= 4 is 5.90 Å². The largest absolute Gasteiger partial charge is 0.477 e. The van der Waals surface area contributed by atoms with Crippen LogP contribution in [0, 0.1) is 10.8 Å². The van der Waals surface area contributed by atoms with E-state index in [4.69, 9.17) is 10.5 Å². The number of nitrogens with two attached hydrogens (primary N) is 1. The number of nitrogens with zero attached hydrogens (tertiary/aromatic N) is 1. The van der Waals surface area contributed by atoms with Crippen LogP contribution in [-0.4, -0.2) is 19.0 Å². The van der Waals surface area contributed by atoms with Crippen LogP contribution in [0.1, 0.15) is 34.6 Å². The summed E-state index contributed by atoms with van der Waals surface area (Å²) >= 11 is 0. The zero-order chi connectivity index (χ0) is 11.7. The van der Waals surface area contributed by atoms with E-state index >= 15 is 0 Å². The van der Waals surface area contributed by atoms with Crippen LogP contribution in [0.3, 0.4) is 0 Å². The highest BCUT2D eigenvalue weighted by Gasteiger charge is 2.29. The van der Waals surface area contributed by atoms with E-state index in [1.54, 1.807) is 6.20 Å². The normalized spacial score (nSPS) is 21.9. The molecule has 0 aromatic heterocycles. The maximum Gasteiger partial charge on any atom is 0.213 e. The second-order valence-electron chi connectivity index (χ2n) is 5.90. The van der Waals surface area contributed by atoms with Crippen LogP contribution >= 0.6 is 0 Å². The summed E-state index contributed by atoms with van der Waals surface area (Å²) in [6.45, 7) is 12.1. The Bertz CT molecular complexity index is 295. The lowest BCUT2D eigenvalue weighted by molar-refractivity contribution is 0.154. The second-order valence-corrected chi connectivity index (χ2v) is 5.90. The monoisotopic (exact) mass is 210 g/mol. The molecule has 0 unspecified atom stereocenters. The Kier molecular flexibility index (Phi) is 3.12. The van der Waals surface area contributed by atoms with Gasteiger partial charge in [-0.05, 0) is 5.41 Å². The van der Waals surface area contributed by atoms with Gasteiger partial charge in [0.1, 0.15) is 0 Å². The highest BCUT2D eigenvalue weighted by atomic mass is 16.5. The number of ether oxygens (including phenoxy) is 1. The third-order valence-corrected chi connectivity index (χ3v) is 2.46. The molecule has 0 saturated carbocycles. The summed E-state index contributed by atoms with van der Waals surface area (Å²) in [7, 11) is 0. The summed E-state index contributed by atoms with van der Waals surface area (Å²) in [6, 6.07) is 0. The summed E-state index contributed by atoms with van der Waals surface area (Å²) in [6.07, 6.45) is 1.61. The molecule has 1 aliphatic rings. The average molecular weight is 210 g/mol. The molecule has 0 aliphatic carbocycles. The number of hydrogen-bond donors (Lipinski definition) is 1. The van der Waals surface area contributed by atoms with Crippen LogP contribution in [0.25, 0.3) is 0 Å². The predicted octanol–water partition coefficient (Wildman–Crippen LogP) is 2.33. The van der Waals surface area contributed by atoms with E-state index in [1.807, 2.05) is 0 Å². The van der Waals surface area contributed by atoms with Crippen LogP contribution < -0.4 is 5.73 Å². The molecular weight excluding hydrogens is 188 g/mol. The van der Waals surface area contributed by atoms with Gasteiger partial charge >= 0.3 is 0 Å². The van der Waals surface area contributed by atoms with Gasteiger partial charge in [-0.25, -0.2) is 0 Å². The molecule has 0 fully saturated rings. The predicted molar refractivity (Wildman–Crippen MR) is 63.8 cm³/mol. The molecule has 0 saturated heterocycles. The minimum atomic E-state index is -0.0188. The fraction of sp³-hybridized carbons (Fsp3) is 0.750. The maximum absolute atomic E-state index is 5.67. The van der Waals surface area contributed by atoms with Crippen LogP contribution in [0.5, 0.6) is 0 Å². The molecule has 0 aromatic rings. The second kappa shape index (κ2) is 3.87. The summed E-state index contributed by atoms with van der Waals surface area (Å²) in [4.78, 5) is 4.47. The zero-order valence-electron chi connectivity index (χ0n) is 10.4. The van der Waals surface area contributed by atoms with E-state index in [-0.39, 0.29) is 10.8 Å². The van der Waals surface area contributed by atoms with Crippen molar-refractivity contribution in [1.82, 2.24) is 0 Å². The molecule has 3 nitrogen and oxygen atoms in total. The summed E-state index contributed by atoms with van der Waals surface area (Å²) in [5.74, 6) is 0.712. The van der Waals surface area contributed by atoms with Crippen LogP contribution in [0.2, 0.25) is 0 Å². The first-order valence-electron chi connectivity index (χ1n) is 5.36. The minimum absolute atomic E-state index is 0.0188. The topological polar surface area (TPSA) is 47.6 Å². The molecule has 86 valence electrons. The summed E-state index contributed by atoms with van der Waals surface area (Å²) in [5, 5.41) is 0. The third-order valence-electron chi connectivity index (χ3n) is 2.46. The van der Waals surface area contributed by atoms with E-state index in [9.17, 15) is 0 Å². The van der Waals surface area contributed by atoms with Crippen molar-refractivity contribution in [2.75, 3.05) is 13.2 Å². The molecule has 1 rings (SSSR count). The number of aliphatic imine (C=N–C) groups is 1. The average Bonchev–Trinajstić information content (AvgIpc) is 2.06. The molecule has 0 radical (unpaired) electrons. The molecular formula is C12H22N2O. The van der Waals surface area contributed by atoms with Gasteiger partial charge in [0.15, 0.2) is 0 Å². The summed E-state index contributed by atoms with van der Waals surface area (Å²) < 4.78 is 5.67. The molecule has 0 spiro atoms. The Morgan fingerprint density at radius 3 is 2.40 bits per heavy atom. The first-order valence-corrected chi connectivity index (χ1v) is 5.36. The van der Waals surface area contributed by atoms with Gasteiger partial charge in [0.2, 0.25) is 5.90 Å². The van der Waals surface area contributed by atoms with E-state index in [0.717, 1.165) is 12.1 Å². The van der Waals surface area contributed by atoms with Crippen molar-refractivity contribution in [3.05, 3.63) is 11.8 Å². The molecule has 2 N–H and O–H groups in total. The third kappa shape index (κ3) is 2.98. The standard InChI is InChI=1S/C12H22N2O/c1-11(2,3)9(6-13)10-14-7-12(4,5)8-15-10/h6H,7-8,13H2,1-5H3/b9-6+. The van der Waals surface area contributed by atoms with Crippen molar-refractivity contribution in [2.45, 2.75) is 34.6 Å². The number of hydrogen-bond acceptors (Lipinski definition) is 3. The van der Waals surface area contributed by atoms with Crippen molar-refractivity contribution in [2.24, 2.45) is 21.6 Å². The number of rotatable bonds is 1. The van der Waals surface area contributed by atoms with Gasteiger partial charge in [0, 0.05) is 17.2 Å². The maximum atomic E-state index is 5.67. The fourth-order valence-corrected chi connectivity index (χ4v) is 1.45. The van der Waals surface area contributed by atoms with E-state index in [2.05, 4.69) is 39.6 Å². The van der Waals surface area contributed by atoms with Crippen LogP contribution in [0.15, 0.2) is 16.8 Å². The van der Waals surface area contributed by atoms with Gasteiger partial charge in [0.25, 0.3) is 0 Å². The van der Waals surface area contributed by atoms with Crippen molar-refractivity contribution in [3.63, 3.8) is 0 Å². The molecule has 1 aliphatic heterocycles. The fourth-order valence-electron chi connectivity index (χ4n) is 1.45. The molecule has 0 bridgehead atoms. The Labute approximate surface area is 92.4 Å². The first kappa shape index (κ1) is 12.1. The van der Waals surface area contributed by atoms with Gasteiger partial charge in [-0.2, -0.15) is 0 Å². The summed E-state index contributed by atoms with van der Waals surface area (Å²) in [5.41, 5.74) is 6.74. The van der Waals surface area contributed by atoms with Gasteiger partial charge < -0.3 is 10.5 Å². The van der Waals surface area contributed by atoms with Crippen molar-refractivity contribution in [3.8, 4) is 0 Å². The Morgan fingerprint density at radius 2 is 2.07 bits per heavy atom. The van der Waals surface area contributed by atoms with Crippen molar-refractivity contribution in [1.29, 1.82) is 0 Å². The smallest absolute Gasteiger partial charge is 0.213 e. The zero-order valence-corrected chi connectivity index (χ0v) is 10.4. The SMILES string of the molecule is CC1(C)CN=C(/C(=C\N)C(C)(C)C)OC1. The van der Waals surface area contributed by atoms with Crippen LogP contribution in [-0.2, 0) is 4.74 Å².